The van der Waals surface area contributed by atoms with E-state index in [-0.39, 0.29) is 0 Å². The number of ether oxygens (including phenoxy) is 1. The van der Waals surface area contributed by atoms with Crippen molar-refractivity contribution in [3.05, 3.63) is 96.0 Å². The number of aromatic nitrogens is 2. The number of likely N-dealkylation sites (tertiary alicyclic amines) is 1. The summed E-state index contributed by atoms with van der Waals surface area (Å²) in [6.07, 6.45) is 8.30. The molecule has 0 atom stereocenters. The minimum absolute atomic E-state index is 0.694. The number of fused-ring (bicyclic) bond motifs is 1. The molecule has 1 fully saturated rings. The first-order valence-corrected chi connectivity index (χ1v) is 11.7. The Labute approximate surface area is 195 Å². The second-order valence-corrected chi connectivity index (χ2v) is 8.64. The molecule has 0 N–H and O–H groups in total. The fourth-order valence-corrected chi connectivity index (χ4v) is 4.42. The van der Waals surface area contributed by atoms with Crippen LogP contribution in [0.3, 0.4) is 0 Å². The zero-order valence-corrected chi connectivity index (χ0v) is 19.1. The highest BCUT2D eigenvalue weighted by atomic mass is 16.5. The molecule has 0 radical (unpaired) electrons. The summed E-state index contributed by atoms with van der Waals surface area (Å²) in [6.45, 7) is 5.81. The molecule has 2 aromatic heterocycles. The van der Waals surface area contributed by atoms with Crippen molar-refractivity contribution in [2.45, 2.75) is 19.8 Å². The molecule has 3 heterocycles. The largest absolute Gasteiger partial charge is 0.492 e. The number of rotatable bonds is 6. The van der Waals surface area contributed by atoms with Crippen LogP contribution in [0.2, 0.25) is 0 Å². The van der Waals surface area contributed by atoms with Gasteiger partial charge >= 0.3 is 0 Å². The van der Waals surface area contributed by atoms with Crippen LogP contribution in [0.5, 0.6) is 5.75 Å². The Bertz CT molecular complexity index is 1260. The molecule has 2 aromatic carbocycles. The van der Waals surface area contributed by atoms with Crippen LogP contribution in [0.15, 0.2) is 84.7 Å². The molecule has 0 amide bonds. The SMILES string of the molecule is Cc1ccc2c(OCCN3CCC(=Cc4cccc(-c5cccnc5)c4)CC3)cccc2n1. The normalized spacial score (nSPS) is 14.4. The molecule has 0 saturated carbocycles. The lowest BCUT2D eigenvalue weighted by Crippen LogP contribution is -2.34. The number of hydrogen-bond donors (Lipinski definition) is 0. The molecule has 0 unspecified atom stereocenters. The Kier molecular flexibility index (Phi) is 6.45. The van der Waals surface area contributed by atoms with Crippen molar-refractivity contribution < 1.29 is 4.74 Å². The number of nitrogens with zero attached hydrogens (tertiary/aromatic N) is 3. The zero-order chi connectivity index (χ0) is 22.5. The van der Waals surface area contributed by atoms with Crippen LogP contribution < -0.4 is 4.74 Å². The van der Waals surface area contributed by atoms with Crippen LogP contribution in [0, 0.1) is 6.92 Å². The maximum absolute atomic E-state index is 6.14. The third-order valence-electron chi connectivity index (χ3n) is 6.25. The quantitative estimate of drug-likeness (QED) is 0.363. The van der Waals surface area contributed by atoms with Gasteiger partial charge in [-0.05, 0) is 67.3 Å². The number of piperidine rings is 1. The van der Waals surface area contributed by atoms with E-state index in [2.05, 4.69) is 57.3 Å². The van der Waals surface area contributed by atoms with Crippen LogP contribution in [0.25, 0.3) is 28.1 Å². The third kappa shape index (κ3) is 5.29. The highest BCUT2D eigenvalue weighted by Crippen LogP contribution is 2.26. The van der Waals surface area contributed by atoms with E-state index in [0.717, 1.165) is 60.4 Å². The standard InChI is InChI=1S/C29H29N3O/c1-22-10-11-27-28(31-22)8-3-9-29(27)33-18-17-32-15-12-23(13-16-32)19-24-5-2-6-25(20-24)26-7-4-14-30-21-26/h2-11,14,19-21H,12-13,15-18H2,1H3. The number of aryl methyl sites for hydroxylation is 1. The maximum atomic E-state index is 6.14. The molecule has 4 heteroatoms. The topological polar surface area (TPSA) is 38.2 Å². The summed E-state index contributed by atoms with van der Waals surface area (Å²) >= 11 is 0. The van der Waals surface area contributed by atoms with Gasteiger partial charge in [0.2, 0.25) is 0 Å². The monoisotopic (exact) mass is 435 g/mol. The summed E-state index contributed by atoms with van der Waals surface area (Å²) in [5.74, 6) is 0.922. The first-order chi connectivity index (χ1) is 16.2. The molecular formula is C29H29N3O. The fraction of sp³-hybridized carbons (Fsp3) is 0.241. The molecule has 5 rings (SSSR count). The molecule has 1 aliphatic heterocycles. The molecule has 0 spiro atoms. The van der Waals surface area contributed by atoms with Gasteiger partial charge in [-0.3, -0.25) is 14.9 Å². The smallest absolute Gasteiger partial charge is 0.128 e. The summed E-state index contributed by atoms with van der Waals surface area (Å²) < 4.78 is 6.14. The summed E-state index contributed by atoms with van der Waals surface area (Å²) in [4.78, 5) is 11.3. The van der Waals surface area contributed by atoms with Gasteiger partial charge < -0.3 is 4.74 Å². The summed E-state index contributed by atoms with van der Waals surface area (Å²) in [5.41, 5.74) is 7.18. The summed E-state index contributed by atoms with van der Waals surface area (Å²) in [6, 6.07) is 23.1. The molecule has 1 saturated heterocycles. The van der Waals surface area contributed by atoms with E-state index in [9.17, 15) is 0 Å². The Hall–Kier alpha value is -3.50. The van der Waals surface area contributed by atoms with Gasteiger partial charge in [-0.2, -0.15) is 0 Å². The van der Waals surface area contributed by atoms with Gasteiger partial charge in [0.05, 0.1) is 5.52 Å². The van der Waals surface area contributed by atoms with Gasteiger partial charge in [-0.15, -0.1) is 0 Å². The second kappa shape index (κ2) is 9.97. The van der Waals surface area contributed by atoms with E-state index in [1.807, 2.05) is 49.6 Å². The van der Waals surface area contributed by atoms with Crippen LogP contribution >= 0.6 is 0 Å². The van der Waals surface area contributed by atoms with Crippen LogP contribution in [-0.4, -0.2) is 41.1 Å². The van der Waals surface area contributed by atoms with Gasteiger partial charge in [0, 0.05) is 48.7 Å². The van der Waals surface area contributed by atoms with Crippen LogP contribution in [0.1, 0.15) is 24.1 Å². The van der Waals surface area contributed by atoms with Crippen molar-refractivity contribution in [2.24, 2.45) is 0 Å². The first-order valence-electron chi connectivity index (χ1n) is 11.7. The average Bonchev–Trinajstić information content (AvgIpc) is 2.86. The lowest BCUT2D eigenvalue weighted by Gasteiger charge is -2.28. The lowest BCUT2D eigenvalue weighted by molar-refractivity contribution is 0.200. The van der Waals surface area contributed by atoms with Crippen LogP contribution in [0.4, 0.5) is 0 Å². The van der Waals surface area contributed by atoms with Crippen LogP contribution in [-0.2, 0) is 0 Å². The Balaban J connectivity index is 1.15. The predicted octanol–water partition coefficient (Wildman–Crippen LogP) is 6.16. The minimum atomic E-state index is 0.694. The van der Waals surface area contributed by atoms with Crippen molar-refractivity contribution >= 4 is 17.0 Å². The van der Waals surface area contributed by atoms with Crippen molar-refractivity contribution in [3.8, 4) is 16.9 Å². The zero-order valence-electron chi connectivity index (χ0n) is 19.1. The highest BCUT2D eigenvalue weighted by molar-refractivity contribution is 5.85. The molecule has 4 aromatic rings. The Morgan fingerprint density at radius 2 is 1.79 bits per heavy atom. The average molecular weight is 436 g/mol. The Morgan fingerprint density at radius 3 is 2.64 bits per heavy atom. The molecule has 4 nitrogen and oxygen atoms in total. The van der Waals surface area contributed by atoms with Crippen molar-refractivity contribution in [2.75, 3.05) is 26.2 Å². The van der Waals surface area contributed by atoms with Gasteiger partial charge in [-0.25, -0.2) is 0 Å². The maximum Gasteiger partial charge on any atom is 0.128 e. The van der Waals surface area contributed by atoms with Gasteiger partial charge in [0.1, 0.15) is 12.4 Å². The van der Waals surface area contributed by atoms with Gasteiger partial charge in [0.25, 0.3) is 0 Å². The van der Waals surface area contributed by atoms with Gasteiger partial charge in [-0.1, -0.05) is 42.0 Å². The van der Waals surface area contributed by atoms with E-state index in [0.29, 0.717) is 6.61 Å². The fourth-order valence-electron chi connectivity index (χ4n) is 4.42. The minimum Gasteiger partial charge on any atom is -0.492 e. The number of pyridine rings is 2. The molecule has 166 valence electrons. The third-order valence-corrected chi connectivity index (χ3v) is 6.25. The molecule has 0 bridgehead atoms. The number of benzene rings is 2. The molecule has 1 aliphatic rings. The number of hydrogen-bond acceptors (Lipinski definition) is 4. The molecular weight excluding hydrogens is 406 g/mol. The lowest BCUT2D eigenvalue weighted by atomic mass is 9.99. The van der Waals surface area contributed by atoms with E-state index in [1.54, 1.807) is 0 Å². The summed E-state index contributed by atoms with van der Waals surface area (Å²) in [7, 11) is 0. The van der Waals surface area contributed by atoms with Gasteiger partial charge in [0.15, 0.2) is 0 Å². The molecule has 33 heavy (non-hydrogen) atoms. The second-order valence-electron chi connectivity index (χ2n) is 8.64. The van der Waals surface area contributed by atoms with E-state index in [1.165, 1.54) is 16.7 Å². The highest BCUT2D eigenvalue weighted by Gasteiger charge is 2.14. The molecule has 0 aliphatic carbocycles. The van der Waals surface area contributed by atoms with E-state index < -0.39 is 0 Å². The van der Waals surface area contributed by atoms with Crippen molar-refractivity contribution in [1.29, 1.82) is 0 Å². The van der Waals surface area contributed by atoms with E-state index in [4.69, 9.17) is 4.74 Å². The first kappa shape index (κ1) is 21.4. The predicted molar refractivity (Wildman–Crippen MR) is 135 cm³/mol. The Morgan fingerprint density at radius 1 is 0.939 bits per heavy atom. The van der Waals surface area contributed by atoms with Crippen molar-refractivity contribution in [1.82, 2.24) is 14.9 Å². The summed E-state index contributed by atoms with van der Waals surface area (Å²) in [5, 5.41) is 1.08. The van der Waals surface area contributed by atoms with E-state index >= 15 is 0 Å². The van der Waals surface area contributed by atoms with Crippen molar-refractivity contribution in [3.63, 3.8) is 0 Å².